The van der Waals surface area contributed by atoms with E-state index in [0.29, 0.717) is 11.8 Å². The van der Waals surface area contributed by atoms with Crippen molar-refractivity contribution < 1.29 is 0 Å². The fourth-order valence-electron chi connectivity index (χ4n) is 4.65. The quantitative estimate of drug-likeness (QED) is 0.821. The summed E-state index contributed by atoms with van der Waals surface area (Å²) < 4.78 is 1.97. The monoisotopic (exact) mass is 381 g/mol. The summed E-state index contributed by atoms with van der Waals surface area (Å²) in [5.74, 6) is 0.848. The minimum absolute atomic E-state index is 0.126. The summed E-state index contributed by atoms with van der Waals surface area (Å²) in [5, 5.41) is 4.38. The van der Waals surface area contributed by atoms with E-state index in [4.69, 9.17) is 12.2 Å². The molecule has 1 fully saturated rings. The summed E-state index contributed by atoms with van der Waals surface area (Å²) in [6.45, 7) is 6.96. The molecule has 0 spiro atoms. The normalized spacial score (nSPS) is 20.9. The third kappa shape index (κ3) is 3.41. The Kier molecular flexibility index (Phi) is 5.04. The molecule has 1 aromatic carbocycles. The van der Waals surface area contributed by atoms with Crippen molar-refractivity contribution in [3.63, 3.8) is 0 Å². The van der Waals surface area contributed by atoms with E-state index < -0.39 is 0 Å². The second-order valence-electron chi connectivity index (χ2n) is 7.69. The zero-order valence-corrected chi connectivity index (χ0v) is 16.9. The maximum atomic E-state index is 12.2. The summed E-state index contributed by atoms with van der Waals surface area (Å²) in [6.07, 6.45) is 3.12. The largest absolute Gasteiger partial charge is 0.348 e. The van der Waals surface area contributed by atoms with Gasteiger partial charge >= 0.3 is 0 Å². The Morgan fingerprint density at radius 3 is 2.48 bits per heavy atom. The molecule has 0 amide bonds. The molecule has 3 heterocycles. The lowest BCUT2D eigenvalue weighted by atomic mass is 9.83. The average Bonchev–Trinajstić information content (AvgIpc) is 2.68. The van der Waals surface area contributed by atoms with E-state index in [-0.39, 0.29) is 5.56 Å². The van der Waals surface area contributed by atoms with Crippen LogP contribution in [0.5, 0.6) is 0 Å². The number of para-hydroxylation sites is 1. The van der Waals surface area contributed by atoms with Crippen LogP contribution in [0.25, 0.3) is 0 Å². The predicted octanol–water partition coefficient (Wildman–Crippen LogP) is 3.79. The van der Waals surface area contributed by atoms with Crippen LogP contribution in [0.1, 0.15) is 43.0 Å². The van der Waals surface area contributed by atoms with Crippen LogP contribution in [-0.2, 0) is 19.4 Å². The van der Waals surface area contributed by atoms with Crippen molar-refractivity contribution >= 4 is 23.0 Å². The van der Waals surface area contributed by atoms with Gasteiger partial charge in [-0.15, -0.1) is 0 Å². The molecule has 2 bridgehead atoms. The van der Waals surface area contributed by atoms with Crippen LogP contribution in [0.3, 0.4) is 0 Å². The number of aryl methyl sites for hydroxylation is 2. The van der Waals surface area contributed by atoms with E-state index in [9.17, 15) is 4.79 Å². The molecule has 2 aromatic rings. The van der Waals surface area contributed by atoms with E-state index >= 15 is 0 Å². The van der Waals surface area contributed by atoms with Crippen molar-refractivity contribution in [3.05, 3.63) is 63.6 Å². The number of pyridine rings is 1. The van der Waals surface area contributed by atoms with Gasteiger partial charge in [0.1, 0.15) is 0 Å². The van der Waals surface area contributed by atoms with Crippen LogP contribution < -0.4 is 10.9 Å². The van der Waals surface area contributed by atoms with Gasteiger partial charge in [0.25, 0.3) is 5.56 Å². The first-order valence-corrected chi connectivity index (χ1v) is 10.4. The SMILES string of the molecule is CCc1cccc(CC)c1NC(=S)N1C[C@H]2C[C@H](C1)c1cccc(=O)n1C2. The number of hydrogen-bond acceptors (Lipinski definition) is 2. The van der Waals surface area contributed by atoms with Crippen LogP contribution in [0, 0.1) is 5.92 Å². The van der Waals surface area contributed by atoms with Gasteiger partial charge in [-0.2, -0.15) is 0 Å². The summed E-state index contributed by atoms with van der Waals surface area (Å²) >= 11 is 5.82. The van der Waals surface area contributed by atoms with Crippen molar-refractivity contribution in [1.29, 1.82) is 0 Å². The molecule has 5 heteroatoms. The third-order valence-electron chi connectivity index (χ3n) is 6.00. The highest BCUT2D eigenvalue weighted by Crippen LogP contribution is 2.35. The number of aromatic nitrogens is 1. The lowest BCUT2D eigenvalue weighted by molar-refractivity contribution is 0.180. The van der Waals surface area contributed by atoms with Crippen molar-refractivity contribution in [2.75, 3.05) is 18.4 Å². The Bertz CT molecular complexity index is 898. The summed E-state index contributed by atoms with van der Waals surface area (Å²) in [5.41, 5.74) is 5.09. The number of nitrogens with one attached hydrogen (secondary N) is 1. The van der Waals surface area contributed by atoms with Crippen molar-refractivity contribution in [2.45, 2.75) is 45.6 Å². The Hall–Kier alpha value is -2.14. The van der Waals surface area contributed by atoms with Gasteiger partial charge in [0, 0.05) is 43.0 Å². The maximum Gasteiger partial charge on any atom is 0.250 e. The lowest BCUT2D eigenvalue weighted by Gasteiger charge is -2.43. The first-order chi connectivity index (χ1) is 13.1. The molecule has 1 saturated heterocycles. The minimum Gasteiger partial charge on any atom is -0.348 e. The summed E-state index contributed by atoms with van der Waals surface area (Å²) in [4.78, 5) is 14.5. The number of benzene rings is 1. The number of thiocarbonyl (C=S) groups is 1. The predicted molar refractivity (Wildman–Crippen MR) is 115 cm³/mol. The smallest absolute Gasteiger partial charge is 0.250 e. The van der Waals surface area contributed by atoms with Crippen LogP contribution in [0.2, 0.25) is 0 Å². The number of anilines is 1. The topological polar surface area (TPSA) is 37.3 Å². The number of piperidine rings is 1. The zero-order chi connectivity index (χ0) is 19.0. The van der Waals surface area contributed by atoms with E-state index in [1.165, 1.54) is 16.8 Å². The molecule has 1 N–H and O–H groups in total. The first kappa shape index (κ1) is 18.2. The van der Waals surface area contributed by atoms with Gasteiger partial charge in [-0.1, -0.05) is 38.1 Å². The van der Waals surface area contributed by atoms with Crippen molar-refractivity contribution in [3.8, 4) is 0 Å². The van der Waals surface area contributed by atoms with Gasteiger partial charge in [-0.05, 0) is 54.6 Å². The first-order valence-electron chi connectivity index (χ1n) is 9.97. The Morgan fingerprint density at radius 2 is 1.78 bits per heavy atom. The molecule has 27 heavy (non-hydrogen) atoms. The van der Waals surface area contributed by atoms with Crippen LogP contribution in [-0.4, -0.2) is 27.7 Å². The Balaban J connectivity index is 1.56. The van der Waals surface area contributed by atoms with E-state index in [1.807, 2.05) is 10.6 Å². The molecule has 2 aliphatic heterocycles. The number of hydrogen-bond donors (Lipinski definition) is 1. The number of rotatable bonds is 3. The summed E-state index contributed by atoms with van der Waals surface area (Å²) in [6, 6.07) is 12.1. The fourth-order valence-corrected chi connectivity index (χ4v) is 4.90. The van der Waals surface area contributed by atoms with Gasteiger partial charge in [0.15, 0.2) is 5.11 Å². The van der Waals surface area contributed by atoms with Gasteiger partial charge in [0.2, 0.25) is 0 Å². The van der Waals surface area contributed by atoms with E-state index in [1.54, 1.807) is 6.07 Å². The number of fused-ring (bicyclic) bond motifs is 4. The van der Waals surface area contributed by atoms with Gasteiger partial charge in [-0.25, -0.2) is 0 Å². The fraction of sp³-hybridized carbons (Fsp3) is 0.455. The van der Waals surface area contributed by atoms with Crippen molar-refractivity contribution in [2.24, 2.45) is 5.92 Å². The lowest BCUT2D eigenvalue weighted by Crippen LogP contribution is -2.50. The molecule has 142 valence electrons. The van der Waals surface area contributed by atoms with E-state index in [2.05, 4.69) is 48.3 Å². The van der Waals surface area contributed by atoms with Gasteiger partial charge in [-0.3, -0.25) is 4.79 Å². The number of likely N-dealkylation sites (tertiary alicyclic amines) is 1. The van der Waals surface area contributed by atoms with Gasteiger partial charge in [0.05, 0.1) is 0 Å². The number of nitrogens with zero attached hydrogens (tertiary/aromatic N) is 2. The highest BCUT2D eigenvalue weighted by Gasteiger charge is 2.35. The Morgan fingerprint density at radius 1 is 1.07 bits per heavy atom. The van der Waals surface area contributed by atoms with Crippen LogP contribution >= 0.6 is 12.2 Å². The molecule has 0 saturated carbocycles. The third-order valence-corrected chi connectivity index (χ3v) is 6.36. The minimum atomic E-state index is 0.126. The Labute approximate surface area is 166 Å². The second kappa shape index (κ2) is 7.47. The molecule has 4 rings (SSSR count). The maximum absolute atomic E-state index is 12.2. The highest BCUT2D eigenvalue weighted by atomic mass is 32.1. The van der Waals surface area contributed by atoms with Crippen molar-refractivity contribution in [1.82, 2.24) is 9.47 Å². The molecule has 0 radical (unpaired) electrons. The second-order valence-corrected chi connectivity index (χ2v) is 8.08. The zero-order valence-electron chi connectivity index (χ0n) is 16.1. The van der Waals surface area contributed by atoms with Crippen LogP contribution in [0.4, 0.5) is 5.69 Å². The molecular weight excluding hydrogens is 354 g/mol. The summed E-state index contributed by atoms with van der Waals surface area (Å²) in [7, 11) is 0. The molecule has 2 aliphatic rings. The van der Waals surface area contributed by atoms with E-state index in [0.717, 1.165) is 49.7 Å². The van der Waals surface area contributed by atoms with Crippen LogP contribution in [0.15, 0.2) is 41.2 Å². The molecular formula is C22H27N3OS. The molecule has 0 aliphatic carbocycles. The molecule has 1 aromatic heterocycles. The van der Waals surface area contributed by atoms with Gasteiger partial charge < -0.3 is 14.8 Å². The average molecular weight is 382 g/mol. The molecule has 4 nitrogen and oxygen atoms in total. The molecule has 2 atom stereocenters. The standard InChI is InChI=1S/C22H27N3OS/c1-3-16-7-5-8-17(4-2)21(16)23-22(27)24-12-15-11-18(14-24)19-9-6-10-20(26)25(19)13-15/h5-10,15,18H,3-4,11-14H2,1-2H3,(H,23,27)/t15-,18-/m1/s1. The molecule has 0 unspecified atom stereocenters. The highest BCUT2D eigenvalue weighted by molar-refractivity contribution is 7.80.